The number of hydrogen-bond acceptors (Lipinski definition) is 4. The van der Waals surface area contributed by atoms with E-state index in [2.05, 4.69) is 5.32 Å². The van der Waals surface area contributed by atoms with Crippen LogP contribution >= 0.6 is 0 Å². The smallest absolute Gasteiger partial charge is 0.326 e. The van der Waals surface area contributed by atoms with Crippen molar-refractivity contribution in [3.63, 3.8) is 0 Å². The minimum Gasteiger partial charge on any atom is -0.480 e. The van der Waals surface area contributed by atoms with Crippen molar-refractivity contribution in [2.24, 2.45) is 0 Å². The number of urea groups is 1. The van der Waals surface area contributed by atoms with Crippen LogP contribution in [-0.2, 0) is 9.53 Å². The van der Waals surface area contributed by atoms with E-state index in [-0.39, 0.29) is 18.5 Å². The zero-order valence-electron chi connectivity index (χ0n) is 11.0. The number of aliphatic hydroxyl groups excluding tert-OH is 1. The van der Waals surface area contributed by atoms with Crippen LogP contribution < -0.4 is 5.32 Å². The number of nitrogens with zero attached hydrogens (tertiary/aromatic N) is 1. The molecule has 0 saturated carbocycles. The molecule has 2 aliphatic rings. The first-order valence-corrected chi connectivity index (χ1v) is 6.49. The zero-order valence-corrected chi connectivity index (χ0v) is 11.0. The molecule has 0 bridgehead atoms. The van der Waals surface area contributed by atoms with E-state index in [1.807, 2.05) is 6.92 Å². The quantitative estimate of drug-likeness (QED) is 0.645. The molecule has 2 aliphatic heterocycles. The van der Waals surface area contributed by atoms with Crippen molar-refractivity contribution in [2.45, 2.75) is 43.9 Å². The third kappa shape index (κ3) is 3.16. The van der Waals surface area contributed by atoms with Crippen molar-refractivity contribution >= 4 is 12.0 Å². The van der Waals surface area contributed by atoms with Gasteiger partial charge in [0.25, 0.3) is 0 Å². The molecule has 7 nitrogen and oxygen atoms in total. The third-order valence-electron chi connectivity index (χ3n) is 3.83. The summed E-state index contributed by atoms with van der Waals surface area (Å²) < 4.78 is 5.25. The monoisotopic (exact) mass is 272 g/mol. The Labute approximate surface area is 111 Å². The lowest BCUT2D eigenvalue weighted by Crippen LogP contribution is -2.56. The molecule has 108 valence electrons. The van der Waals surface area contributed by atoms with Crippen LogP contribution in [0.3, 0.4) is 0 Å². The Kier molecular flexibility index (Phi) is 3.96. The van der Waals surface area contributed by atoms with Crippen LogP contribution in [-0.4, -0.2) is 64.6 Å². The van der Waals surface area contributed by atoms with Crippen molar-refractivity contribution in [3.8, 4) is 0 Å². The minimum absolute atomic E-state index is 0.0649. The lowest BCUT2D eigenvalue weighted by molar-refractivity contribution is -0.141. The first-order valence-electron chi connectivity index (χ1n) is 6.49. The highest BCUT2D eigenvalue weighted by Crippen LogP contribution is 2.23. The molecule has 19 heavy (non-hydrogen) atoms. The van der Waals surface area contributed by atoms with Crippen molar-refractivity contribution < 1.29 is 24.5 Å². The van der Waals surface area contributed by atoms with Gasteiger partial charge in [0.2, 0.25) is 0 Å². The highest BCUT2D eigenvalue weighted by Gasteiger charge is 2.41. The zero-order chi connectivity index (χ0) is 14.0. The second-order valence-electron chi connectivity index (χ2n) is 5.50. The molecule has 2 rings (SSSR count). The van der Waals surface area contributed by atoms with E-state index in [0.29, 0.717) is 26.1 Å². The molecule has 2 atom stereocenters. The fourth-order valence-corrected chi connectivity index (χ4v) is 2.55. The van der Waals surface area contributed by atoms with Crippen LogP contribution in [0.2, 0.25) is 0 Å². The summed E-state index contributed by atoms with van der Waals surface area (Å²) in [4.78, 5) is 24.5. The molecule has 0 radical (unpaired) electrons. The molecule has 0 spiro atoms. The molecule has 2 fully saturated rings. The van der Waals surface area contributed by atoms with Crippen molar-refractivity contribution in [1.82, 2.24) is 10.2 Å². The van der Waals surface area contributed by atoms with Crippen LogP contribution in [0, 0.1) is 0 Å². The first-order chi connectivity index (χ1) is 8.91. The van der Waals surface area contributed by atoms with Crippen LogP contribution in [0.4, 0.5) is 4.79 Å². The lowest BCUT2D eigenvalue weighted by atomic mass is 9.93. The van der Waals surface area contributed by atoms with Crippen LogP contribution in [0.25, 0.3) is 0 Å². The number of rotatable bonds is 2. The number of β-amino-alcohol motifs (C(OH)–C–C–N with tert-alkyl or cyclic N) is 1. The SMILES string of the molecule is CC1(NC(=O)N2C[C@H](O)C[C@@H]2C(=O)O)CCOCC1. The van der Waals surface area contributed by atoms with Gasteiger partial charge in [-0.05, 0) is 19.8 Å². The fraction of sp³-hybridized carbons (Fsp3) is 0.833. The van der Waals surface area contributed by atoms with Gasteiger partial charge in [-0.15, -0.1) is 0 Å². The maximum absolute atomic E-state index is 12.2. The molecule has 0 aromatic carbocycles. The summed E-state index contributed by atoms with van der Waals surface area (Å²) in [5.74, 6) is -1.08. The number of carbonyl (C=O) groups excluding carboxylic acids is 1. The average molecular weight is 272 g/mol. The Bertz CT molecular complexity index is 367. The normalized spacial score (nSPS) is 30.1. The highest BCUT2D eigenvalue weighted by atomic mass is 16.5. The van der Waals surface area contributed by atoms with Crippen LogP contribution in [0.1, 0.15) is 26.2 Å². The number of aliphatic carboxylic acids is 1. The maximum atomic E-state index is 12.2. The second kappa shape index (κ2) is 5.34. The average Bonchev–Trinajstić information content (AvgIpc) is 2.72. The molecular formula is C12H20N2O5. The predicted octanol–water partition coefficient (Wildman–Crippen LogP) is -0.215. The number of ether oxygens (including phenoxy) is 1. The van der Waals surface area contributed by atoms with Gasteiger partial charge < -0.3 is 25.2 Å². The largest absolute Gasteiger partial charge is 0.480 e. The van der Waals surface area contributed by atoms with Crippen molar-refractivity contribution in [3.05, 3.63) is 0 Å². The Balaban J connectivity index is 2.00. The van der Waals surface area contributed by atoms with Crippen molar-refractivity contribution in [2.75, 3.05) is 19.8 Å². The number of carbonyl (C=O) groups is 2. The van der Waals surface area contributed by atoms with Gasteiger partial charge in [-0.25, -0.2) is 9.59 Å². The molecule has 2 heterocycles. The molecule has 3 N–H and O–H groups in total. The molecule has 0 aliphatic carbocycles. The predicted molar refractivity (Wildman–Crippen MR) is 65.7 cm³/mol. The van der Waals surface area contributed by atoms with Gasteiger partial charge in [0.05, 0.1) is 6.10 Å². The van der Waals surface area contributed by atoms with E-state index in [9.17, 15) is 14.7 Å². The second-order valence-corrected chi connectivity index (χ2v) is 5.50. The summed E-state index contributed by atoms with van der Waals surface area (Å²) in [6.45, 7) is 3.16. The van der Waals surface area contributed by atoms with Gasteiger partial charge in [0.1, 0.15) is 6.04 Å². The summed E-state index contributed by atoms with van der Waals surface area (Å²) in [5.41, 5.74) is -0.369. The maximum Gasteiger partial charge on any atom is 0.326 e. The number of hydrogen-bond donors (Lipinski definition) is 3. The summed E-state index contributed by atoms with van der Waals surface area (Å²) in [6, 6.07) is -1.37. The summed E-state index contributed by atoms with van der Waals surface area (Å²) in [7, 11) is 0. The number of likely N-dealkylation sites (tertiary alicyclic amines) is 1. The molecule has 2 saturated heterocycles. The lowest BCUT2D eigenvalue weighted by Gasteiger charge is -2.36. The molecule has 7 heteroatoms. The number of carboxylic acids is 1. The van der Waals surface area contributed by atoms with Gasteiger partial charge in [0, 0.05) is 31.7 Å². The Morgan fingerprint density at radius 2 is 2.00 bits per heavy atom. The topological polar surface area (TPSA) is 99.1 Å². The fourth-order valence-electron chi connectivity index (χ4n) is 2.55. The number of nitrogens with one attached hydrogen (secondary N) is 1. The van der Waals surface area contributed by atoms with E-state index in [4.69, 9.17) is 9.84 Å². The van der Waals surface area contributed by atoms with E-state index in [1.54, 1.807) is 0 Å². The van der Waals surface area contributed by atoms with E-state index in [0.717, 1.165) is 0 Å². The van der Waals surface area contributed by atoms with Crippen molar-refractivity contribution in [1.29, 1.82) is 0 Å². The van der Waals surface area contributed by atoms with Gasteiger partial charge >= 0.3 is 12.0 Å². The van der Waals surface area contributed by atoms with Gasteiger partial charge in [0.15, 0.2) is 0 Å². The van der Waals surface area contributed by atoms with E-state index < -0.39 is 24.1 Å². The summed E-state index contributed by atoms with van der Waals surface area (Å²) in [6.07, 6.45) is 0.719. The Morgan fingerprint density at radius 3 is 2.58 bits per heavy atom. The molecular weight excluding hydrogens is 252 g/mol. The van der Waals surface area contributed by atoms with Crippen LogP contribution in [0.5, 0.6) is 0 Å². The molecule has 0 aromatic heterocycles. The minimum atomic E-state index is -1.08. The van der Waals surface area contributed by atoms with Crippen LogP contribution in [0.15, 0.2) is 0 Å². The number of amides is 2. The number of carboxylic acid groups (broad SMARTS) is 1. The Hall–Kier alpha value is -1.34. The van der Waals surface area contributed by atoms with Gasteiger partial charge in [-0.3, -0.25) is 0 Å². The third-order valence-corrected chi connectivity index (χ3v) is 3.83. The molecule has 0 aromatic rings. The highest BCUT2D eigenvalue weighted by molar-refractivity contribution is 5.83. The van der Waals surface area contributed by atoms with E-state index >= 15 is 0 Å². The summed E-state index contributed by atoms with van der Waals surface area (Å²) >= 11 is 0. The Morgan fingerprint density at radius 1 is 1.37 bits per heavy atom. The first kappa shape index (κ1) is 14.1. The molecule has 2 amide bonds. The molecule has 0 unspecified atom stereocenters. The summed E-state index contributed by atoms with van der Waals surface area (Å²) in [5, 5.41) is 21.5. The standard InChI is InChI=1S/C12H20N2O5/c1-12(2-4-19-5-3-12)13-11(18)14-7-8(15)6-9(14)10(16)17/h8-9,15H,2-7H2,1H3,(H,13,18)(H,16,17)/t8-,9-/m1/s1. The van der Waals surface area contributed by atoms with Gasteiger partial charge in [-0.2, -0.15) is 0 Å². The number of aliphatic hydroxyl groups is 1. The van der Waals surface area contributed by atoms with Gasteiger partial charge in [-0.1, -0.05) is 0 Å². The van der Waals surface area contributed by atoms with E-state index in [1.165, 1.54) is 4.90 Å².